The molecule has 0 bridgehead atoms. The molecule has 1 aliphatic carbocycles. The van der Waals surface area contributed by atoms with E-state index in [-0.39, 0.29) is 0 Å². The Hall–Kier alpha value is -0.120. The predicted octanol–water partition coefficient (Wildman–Crippen LogP) is 2.27. The lowest BCUT2D eigenvalue weighted by atomic mass is 9.92. The molecule has 18 heavy (non-hydrogen) atoms. The highest BCUT2D eigenvalue weighted by atomic mass is 16.5. The third kappa shape index (κ3) is 3.25. The van der Waals surface area contributed by atoms with Gasteiger partial charge in [-0.2, -0.15) is 0 Å². The first-order valence-corrected chi connectivity index (χ1v) is 7.74. The van der Waals surface area contributed by atoms with Crippen molar-refractivity contribution in [1.29, 1.82) is 0 Å². The second-order valence-corrected chi connectivity index (χ2v) is 6.36. The predicted molar refractivity (Wildman–Crippen MR) is 75.9 cm³/mol. The summed E-state index contributed by atoms with van der Waals surface area (Å²) in [6, 6.07) is 0.588. The van der Waals surface area contributed by atoms with Crippen LogP contribution in [0.1, 0.15) is 46.5 Å². The van der Waals surface area contributed by atoms with Crippen LogP contribution in [0.3, 0.4) is 0 Å². The fourth-order valence-electron chi connectivity index (χ4n) is 3.62. The number of ether oxygens (including phenoxy) is 1. The fraction of sp³-hybridized carbons (Fsp3) is 1.00. The lowest BCUT2D eigenvalue weighted by Crippen LogP contribution is -2.62. The molecule has 2 fully saturated rings. The van der Waals surface area contributed by atoms with E-state index in [1.54, 1.807) is 0 Å². The Morgan fingerprint density at radius 1 is 1.28 bits per heavy atom. The van der Waals surface area contributed by atoms with E-state index in [4.69, 9.17) is 4.74 Å². The van der Waals surface area contributed by atoms with E-state index in [1.807, 2.05) is 0 Å². The van der Waals surface area contributed by atoms with Crippen molar-refractivity contribution in [2.24, 2.45) is 5.92 Å². The average Bonchev–Trinajstić information content (AvgIpc) is 2.77. The lowest BCUT2D eigenvalue weighted by Gasteiger charge is -2.46. The Kier molecular flexibility index (Phi) is 5.05. The molecule has 2 rings (SSSR count). The third-order valence-electron chi connectivity index (χ3n) is 4.70. The summed E-state index contributed by atoms with van der Waals surface area (Å²) in [5.74, 6) is 0.674. The van der Waals surface area contributed by atoms with Crippen molar-refractivity contribution in [2.75, 3.05) is 32.8 Å². The Morgan fingerprint density at radius 3 is 2.61 bits per heavy atom. The standard InChI is InChI=1S/C15H30N2O/c1-4-18-11-14(13(2)3)17-10-9-16-15(12-17)7-5-6-8-15/h13-14,16H,4-12H2,1-3H3. The van der Waals surface area contributed by atoms with E-state index in [9.17, 15) is 0 Å². The average molecular weight is 254 g/mol. The van der Waals surface area contributed by atoms with Crippen LogP contribution >= 0.6 is 0 Å². The minimum absolute atomic E-state index is 0.428. The molecule has 2 aliphatic rings. The van der Waals surface area contributed by atoms with Gasteiger partial charge in [-0.15, -0.1) is 0 Å². The summed E-state index contributed by atoms with van der Waals surface area (Å²) in [7, 11) is 0. The highest BCUT2D eigenvalue weighted by Crippen LogP contribution is 2.33. The molecule has 1 heterocycles. The van der Waals surface area contributed by atoms with Crippen LogP contribution in [0.15, 0.2) is 0 Å². The molecule has 1 spiro atoms. The van der Waals surface area contributed by atoms with Crippen LogP contribution in [0.25, 0.3) is 0 Å². The topological polar surface area (TPSA) is 24.5 Å². The summed E-state index contributed by atoms with van der Waals surface area (Å²) >= 11 is 0. The van der Waals surface area contributed by atoms with Gasteiger partial charge in [0.1, 0.15) is 0 Å². The van der Waals surface area contributed by atoms with Gasteiger partial charge in [0, 0.05) is 37.8 Å². The molecule has 0 aromatic carbocycles. The fourth-order valence-corrected chi connectivity index (χ4v) is 3.62. The van der Waals surface area contributed by atoms with Crippen LogP contribution in [0.5, 0.6) is 0 Å². The van der Waals surface area contributed by atoms with Gasteiger partial charge < -0.3 is 10.1 Å². The second kappa shape index (κ2) is 6.36. The largest absolute Gasteiger partial charge is 0.380 e. The molecule has 3 nitrogen and oxygen atoms in total. The molecule has 1 unspecified atom stereocenters. The number of hydrogen-bond donors (Lipinski definition) is 1. The molecule has 1 saturated heterocycles. The first-order chi connectivity index (χ1) is 8.67. The summed E-state index contributed by atoms with van der Waals surface area (Å²) in [6.07, 6.45) is 5.53. The molecule has 0 aromatic rings. The monoisotopic (exact) mass is 254 g/mol. The minimum atomic E-state index is 0.428. The van der Waals surface area contributed by atoms with E-state index in [0.717, 1.165) is 19.8 Å². The summed E-state index contributed by atoms with van der Waals surface area (Å²) in [5, 5.41) is 3.79. The number of nitrogens with one attached hydrogen (secondary N) is 1. The van der Waals surface area contributed by atoms with Gasteiger partial charge in [-0.3, -0.25) is 4.90 Å². The van der Waals surface area contributed by atoms with Crippen LogP contribution < -0.4 is 5.32 Å². The Morgan fingerprint density at radius 2 is 2.00 bits per heavy atom. The van der Waals surface area contributed by atoms with Gasteiger partial charge >= 0.3 is 0 Å². The van der Waals surface area contributed by atoms with Crippen molar-refractivity contribution in [1.82, 2.24) is 10.2 Å². The van der Waals surface area contributed by atoms with Crippen LogP contribution in [-0.4, -0.2) is 49.3 Å². The summed E-state index contributed by atoms with van der Waals surface area (Å²) in [6.45, 7) is 12.0. The van der Waals surface area contributed by atoms with E-state index in [0.29, 0.717) is 17.5 Å². The highest BCUT2D eigenvalue weighted by molar-refractivity contribution is 4.99. The zero-order valence-electron chi connectivity index (χ0n) is 12.4. The van der Waals surface area contributed by atoms with Gasteiger partial charge in [-0.05, 0) is 25.7 Å². The van der Waals surface area contributed by atoms with Gasteiger partial charge in [0.25, 0.3) is 0 Å². The second-order valence-electron chi connectivity index (χ2n) is 6.36. The van der Waals surface area contributed by atoms with Gasteiger partial charge in [-0.1, -0.05) is 26.7 Å². The zero-order valence-corrected chi connectivity index (χ0v) is 12.4. The zero-order chi connectivity index (χ0) is 13.0. The molecule has 0 amide bonds. The van der Waals surface area contributed by atoms with Crippen LogP contribution in [0, 0.1) is 5.92 Å². The van der Waals surface area contributed by atoms with Crippen molar-refractivity contribution >= 4 is 0 Å². The van der Waals surface area contributed by atoms with Gasteiger partial charge in [-0.25, -0.2) is 0 Å². The summed E-state index contributed by atoms with van der Waals surface area (Å²) < 4.78 is 5.70. The molecule has 0 aromatic heterocycles. The Labute approximate surface area is 112 Å². The van der Waals surface area contributed by atoms with Crippen molar-refractivity contribution in [3.63, 3.8) is 0 Å². The van der Waals surface area contributed by atoms with Crippen molar-refractivity contribution in [3.05, 3.63) is 0 Å². The molecular weight excluding hydrogens is 224 g/mol. The highest BCUT2D eigenvalue weighted by Gasteiger charge is 2.39. The van der Waals surface area contributed by atoms with Gasteiger partial charge in [0.15, 0.2) is 0 Å². The van der Waals surface area contributed by atoms with Gasteiger partial charge in [0.2, 0.25) is 0 Å². The first-order valence-electron chi connectivity index (χ1n) is 7.74. The molecule has 1 saturated carbocycles. The molecule has 1 atom stereocenters. The Balaban J connectivity index is 1.96. The quantitative estimate of drug-likeness (QED) is 0.814. The number of piperazine rings is 1. The summed E-state index contributed by atoms with van der Waals surface area (Å²) in [5.41, 5.74) is 0.428. The van der Waals surface area contributed by atoms with Crippen LogP contribution in [0.4, 0.5) is 0 Å². The Bertz CT molecular complexity index is 249. The molecule has 0 radical (unpaired) electrons. The normalized spacial score (nSPS) is 26.0. The first kappa shape index (κ1) is 14.3. The molecule has 1 N–H and O–H groups in total. The number of rotatable bonds is 5. The lowest BCUT2D eigenvalue weighted by molar-refractivity contribution is 0.0133. The molecule has 3 heteroatoms. The van der Waals surface area contributed by atoms with Crippen LogP contribution in [-0.2, 0) is 4.74 Å². The van der Waals surface area contributed by atoms with E-state index < -0.39 is 0 Å². The molecule has 106 valence electrons. The van der Waals surface area contributed by atoms with Crippen LogP contribution in [0.2, 0.25) is 0 Å². The van der Waals surface area contributed by atoms with Crippen molar-refractivity contribution in [3.8, 4) is 0 Å². The summed E-state index contributed by atoms with van der Waals surface area (Å²) in [4.78, 5) is 2.68. The maximum Gasteiger partial charge on any atom is 0.0624 e. The molecular formula is C15H30N2O. The number of hydrogen-bond acceptors (Lipinski definition) is 3. The third-order valence-corrected chi connectivity index (χ3v) is 4.70. The van der Waals surface area contributed by atoms with E-state index >= 15 is 0 Å². The SMILES string of the molecule is CCOCC(C(C)C)N1CCNC2(CCCC2)C1. The van der Waals surface area contributed by atoms with Crippen molar-refractivity contribution < 1.29 is 4.74 Å². The maximum absolute atomic E-state index is 5.70. The molecule has 1 aliphatic heterocycles. The minimum Gasteiger partial charge on any atom is -0.380 e. The van der Waals surface area contributed by atoms with Gasteiger partial charge in [0.05, 0.1) is 6.61 Å². The number of nitrogens with zero attached hydrogens (tertiary/aromatic N) is 1. The maximum atomic E-state index is 5.70. The van der Waals surface area contributed by atoms with E-state index in [1.165, 1.54) is 38.8 Å². The van der Waals surface area contributed by atoms with Crippen molar-refractivity contribution in [2.45, 2.75) is 58.0 Å². The van der Waals surface area contributed by atoms with E-state index in [2.05, 4.69) is 31.0 Å². The smallest absolute Gasteiger partial charge is 0.0624 e.